The maximum Gasteiger partial charge on any atom is 0.118 e. The number of morpholine rings is 1. The second-order valence-electron chi connectivity index (χ2n) is 7.04. The Morgan fingerprint density at radius 1 is 1.08 bits per heavy atom. The van der Waals surface area contributed by atoms with Gasteiger partial charge in [-0.25, -0.2) is 0 Å². The van der Waals surface area contributed by atoms with E-state index in [1.54, 1.807) is 7.11 Å². The number of fused-ring (bicyclic) bond motifs is 1. The third-order valence-corrected chi connectivity index (χ3v) is 5.66. The maximum absolute atomic E-state index is 6.23. The van der Waals surface area contributed by atoms with Crippen LogP contribution in [0.1, 0.15) is 18.4 Å². The summed E-state index contributed by atoms with van der Waals surface area (Å²) in [6.07, 6.45) is 2.78. The zero-order chi connectivity index (χ0) is 16.4. The molecule has 2 unspecified atom stereocenters. The Morgan fingerprint density at radius 3 is 2.62 bits per heavy atom. The standard InChI is InChI=1S/C19H28N2O3/c1-22-16-6-4-15(5-7-16)13-21-14-18(20-8-11-23-12-9-20)19-17(21)3-2-10-24-19/h4-7,17-19H,2-3,8-14H2,1H3/t17?,18-,19?/m0/s1. The zero-order valence-electron chi connectivity index (χ0n) is 14.5. The molecule has 24 heavy (non-hydrogen) atoms. The molecule has 0 bridgehead atoms. The fourth-order valence-corrected chi connectivity index (χ4v) is 4.40. The van der Waals surface area contributed by atoms with Crippen molar-refractivity contribution < 1.29 is 14.2 Å². The molecule has 0 aliphatic carbocycles. The zero-order valence-corrected chi connectivity index (χ0v) is 14.5. The number of benzene rings is 1. The molecule has 3 fully saturated rings. The van der Waals surface area contributed by atoms with Crippen LogP contribution in [-0.2, 0) is 16.0 Å². The van der Waals surface area contributed by atoms with Gasteiger partial charge >= 0.3 is 0 Å². The maximum atomic E-state index is 6.23. The highest BCUT2D eigenvalue weighted by Gasteiger charge is 2.46. The number of hydrogen-bond donors (Lipinski definition) is 0. The molecule has 132 valence electrons. The highest BCUT2D eigenvalue weighted by molar-refractivity contribution is 5.27. The monoisotopic (exact) mass is 332 g/mol. The Bertz CT molecular complexity index is 530. The van der Waals surface area contributed by atoms with Crippen molar-refractivity contribution in [1.82, 2.24) is 9.80 Å². The van der Waals surface area contributed by atoms with Crippen LogP contribution < -0.4 is 4.74 Å². The molecule has 5 heteroatoms. The van der Waals surface area contributed by atoms with E-state index in [0.29, 0.717) is 18.2 Å². The largest absolute Gasteiger partial charge is 0.497 e. The predicted molar refractivity (Wildman–Crippen MR) is 92.3 cm³/mol. The first-order valence-corrected chi connectivity index (χ1v) is 9.15. The van der Waals surface area contributed by atoms with Gasteiger partial charge in [0.25, 0.3) is 0 Å². The third kappa shape index (κ3) is 3.31. The van der Waals surface area contributed by atoms with Crippen molar-refractivity contribution in [3.05, 3.63) is 29.8 Å². The van der Waals surface area contributed by atoms with E-state index in [4.69, 9.17) is 14.2 Å². The van der Waals surface area contributed by atoms with Crippen LogP contribution in [0.4, 0.5) is 0 Å². The predicted octanol–water partition coefficient (Wildman–Crippen LogP) is 1.76. The molecule has 0 N–H and O–H groups in total. The highest BCUT2D eigenvalue weighted by Crippen LogP contribution is 2.33. The van der Waals surface area contributed by atoms with Crippen molar-refractivity contribution in [2.45, 2.75) is 37.6 Å². The van der Waals surface area contributed by atoms with Crippen LogP contribution in [0, 0.1) is 0 Å². The molecule has 3 aliphatic heterocycles. The summed E-state index contributed by atoms with van der Waals surface area (Å²) in [6.45, 7) is 6.79. The number of rotatable bonds is 4. The van der Waals surface area contributed by atoms with Gasteiger partial charge in [-0.05, 0) is 30.5 Å². The fourth-order valence-electron chi connectivity index (χ4n) is 4.40. The second kappa shape index (κ2) is 7.40. The van der Waals surface area contributed by atoms with Gasteiger partial charge in [0, 0.05) is 38.8 Å². The molecule has 3 saturated heterocycles. The molecule has 1 aromatic carbocycles. The third-order valence-electron chi connectivity index (χ3n) is 5.66. The van der Waals surface area contributed by atoms with Gasteiger partial charge < -0.3 is 14.2 Å². The summed E-state index contributed by atoms with van der Waals surface area (Å²) in [7, 11) is 1.71. The highest BCUT2D eigenvalue weighted by atomic mass is 16.5. The number of ether oxygens (including phenoxy) is 3. The van der Waals surface area contributed by atoms with Gasteiger partial charge in [-0.2, -0.15) is 0 Å². The van der Waals surface area contributed by atoms with E-state index in [-0.39, 0.29) is 0 Å². The molecule has 3 heterocycles. The van der Waals surface area contributed by atoms with Crippen molar-refractivity contribution >= 4 is 0 Å². The molecule has 0 saturated carbocycles. The Morgan fingerprint density at radius 2 is 1.88 bits per heavy atom. The Kier molecular flexibility index (Phi) is 5.03. The summed E-state index contributed by atoms with van der Waals surface area (Å²) in [6, 6.07) is 9.53. The molecule has 0 aromatic heterocycles. The van der Waals surface area contributed by atoms with Gasteiger partial charge in [-0.1, -0.05) is 12.1 Å². The van der Waals surface area contributed by atoms with Crippen molar-refractivity contribution in [2.75, 3.05) is 46.6 Å². The van der Waals surface area contributed by atoms with Crippen molar-refractivity contribution in [2.24, 2.45) is 0 Å². The van der Waals surface area contributed by atoms with Crippen LogP contribution in [0.2, 0.25) is 0 Å². The van der Waals surface area contributed by atoms with E-state index >= 15 is 0 Å². The Balaban J connectivity index is 1.47. The molecule has 1 aromatic rings. The summed E-state index contributed by atoms with van der Waals surface area (Å²) >= 11 is 0. The molecular formula is C19H28N2O3. The fraction of sp³-hybridized carbons (Fsp3) is 0.684. The van der Waals surface area contributed by atoms with E-state index in [1.807, 2.05) is 0 Å². The molecule has 5 nitrogen and oxygen atoms in total. The second-order valence-corrected chi connectivity index (χ2v) is 7.04. The quantitative estimate of drug-likeness (QED) is 0.839. The molecule has 3 atom stereocenters. The van der Waals surface area contributed by atoms with E-state index in [2.05, 4.69) is 34.1 Å². The van der Waals surface area contributed by atoms with Crippen LogP contribution >= 0.6 is 0 Å². The van der Waals surface area contributed by atoms with Crippen LogP contribution in [0.5, 0.6) is 5.75 Å². The SMILES string of the molecule is COc1ccc(CN2C[C@H](N3CCOCC3)C3OCCCC32)cc1. The number of methoxy groups -OCH3 is 1. The van der Waals surface area contributed by atoms with E-state index in [0.717, 1.165) is 51.7 Å². The lowest BCUT2D eigenvalue weighted by Crippen LogP contribution is -2.51. The first-order valence-electron chi connectivity index (χ1n) is 9.15. The number of likely N-dealkylation sites (tertiary alicyclic amines) is 1. The van der Waals surface area contributed by atoms with Gasteiger partial charge in [0.05, 0.1) is 32.5 Å². The van der Waals surface area contributed by atoms with Gasteiger partial charge in [0.2, 0.25) is 0 Å². The van der Waals surface area contributed by atoms with E-state index in [9.17, 15) is 0 Å². The van der Waals surface area contributed by atoms with Crippen molar-refractivity contribution in [1.29, 1.82) is 0 Å². The van der Waals surface area contributed by atoms with Crippen LogP contribution in [0.25, 0.3) is 0 Å². The van der Waals surface area contributed by atoms with Crippen molar-refractivity contribution in [3.8, 4) is 5.75 Å². The average molecular weight is 332 g/mol. The Labute approximate surface area is 144 Å². The number of nitrogens with zero attached hydrogens (tertiary/aromatic N) is 2. The minimum atomic E-state index is 0.357. The summed E-state index contributed by atoms with van der Waals surface area (Å²) in [4.78, 5) is 5.21. The van der Waals surface area contributed by atoms with Gasteiger partial charge in [-0.3, -0.25) is 9.80 Å². The van der Waals surface area contributed by atoms with E-state index < -0.39 is 0 Å². The minimum Gasteiger partial charge on any atom is -0.497 e. The molecule has 0 radical (unpaired) electrons. The normalized spacial score (nSPS) is 31.8. The van der Waals surface area contributed by atoms with Crippen LogP contribution in [0.3, 0.4) is 0 Å². The van der Waals surface area contributed by atoms with E-state index in [1.165, 1.54) is 18.4 Å². The van der Waals surface area contributed by atoms with Gasteiger partial charge in [0.1, 0.15) is 5.75 Å². The van der Waals surface area contributed by atoms with Crippen LogP contribution in [0.15, 0.2) is 24.3 Å². The first-order chi connectivity index (χ1) is 11.8. The molecule has 0 spiro atoms. The molecule has 3 aliphatic rings. The van der Waals surface area contributed by atoms with Crippen LogP contribution in [-0.4, -0.2) is 74.6 Å². The first kappa shape index (κ1) is 16.3. The summed E-state index contributed by atoms with van der Waals surface area (Å²) in [5.74, 6) is 0.922. The lowest BCUT2D eigenvalue weighted by Gasteiger charge is -2.37. The molecule has 0 amide bonds. The molecule has 4 rings (SSSR count). The topological polar surface area (TPSA) is 34.2 Å². The smallest absolute Gasteiger partial charge is 0.118 e. The number of hydrogen-bond acceptors (Lipinski definition) is 5. The molecular weight excluding hydrogens is 304 g/mol. The minimum absolute atomic E-state index is 0.357. The summed E-state index contributed by atoms with van der Waals surface area (Å²) in [5, 5.41) is 0. The lowest BCUT2D eigenvalue weighted by molar-refractivity contribution is -0.0593. The average Bonchev–Trinajstić information content (AvgIpc) is 3.02. The Hall–Kier alpha value is -1.14. The summed E-state index contributed by atoms with van der Waals surface area (Å²) in [5.41, 5.74) is 1.35. The van der Waals surface area contributed by atoms with Crippen molar-refractivity contribution in [3.63, 3.8) is 0 Å². The lowest BCUT2D eigenvalue weighted by atomic mass is 9.99. The van der Waals surface area contributed by atoms with Gasteiger partial charge in [-0.15, -0.1) is 0 Å². The van der Waals surface area contributed by atoms with Gasteiger partial charge in [0.15, 0.2) is 0 Å². The summed E-state index contributed by atoms with van der Waals surface area (Å²) < 4.78 is 17.0.